The number of carbonyl (C=O) groups excluding carboxylic acids is 3. The van der Waals surface area contributed by atoms with Gasteiger partial charge in [0.15, 0.2) is 0 Å². The van der Waals surface area contributed by atoms with E-state index in [0.29, 0.717) is 24.4 Å². The van der Waals surface area contributed by atoms with Crippen LogP contribution in [0, 0.1) is 18.8 Å². The number of allylic oxidation sites excluding steroid dienone is 2. The molecule has 222 valence electrons. The number of urea groups is 1. The summed E-state index contributed by atoms with van der Waals surface area (Å²) in [4.78, 5) is 42.8. The van der Waals surface area contributed by atoms with Crippen molar-refractivity contribution in [2.45, 2.75) is 63.8 Å². The molecule has 2 N–H and O–H groups in total. The SMILES string of the molecule is Cc1cc(N2C(=O)CNC2=O)ccc1CCS(=O)(=O)N1CCC2(CC1)N=C(C1CCC(C=CC(F)F)CC1)NC2=O. The molecule has 0 radical (unpaired) electrons. The number of aliphatic imine (C=N–C) groups is 1. The van der Waals surface area contributed by atoms with Crippen LogP contribution in [0.2, 0.25) is 0 Å². The van der Waals surface area contributed by atoms with Gasteiger partial charge in [0, 0.05) is 19.0 Å². The maximum Gasteiger partial charge on any atom is 0.329 e. The van der Waals surface area contributed by atoms with Crippen molar-refractivity contribution in [2.24, 2.45) is 16.8 Å². The van der Waals surface area contributed by atoms with E-state index in [4.69, 9.17) is 4.99 Å². The van der Waals surface area contributed by atoms with Crippen LogP contribution >= 0.6 is 0 Å². The highest BCUT2D eigenvalue weighted by Gasteiger charge is 2.48. The summed E-state index contributed by atoms with van der Waals surface area (Å²) in [5.41, 5.74) is 1.08. The summed E-state index contributed by atoms with van der Waals surface area (Å²) < 4.78 is 52.7. The van der Waals surface area contributed by atoms with Gasteiger partial charge in [-0.05, 0) is 87.1 Å². The van der Waals surface area contributed by atoms with Crippen LogP contribution in [0.15, 0.2) is 35.3 Å². The van der Waals surface area contributed by atoms with Crippen LogP contribution in [0.3, 0.4) is 0 Å². The molecule has 4 aliphatic rings. The number of imide groups is 1. The predicted molar refractivity (Wildman–Crippen MR) is 149 cm³/mol. The first-order valence-electron chi connectivity index (χ1n) is 14.0. The van der Waals surface area contributed by atoms with E-state index < -0.39 is 28.0 Å². The van der Waals surface area contributed by atoms with Crippen molar-refractivity contribution in [3.8, 4) is 0 Å². The van der Waals surface area contributed by atoms with Gasteiger partial charge in [-0.2, -0.15) is 0 Å². The number of hydrogen-bond donors (Lipinski definition) is 2. The third-order valence-electron chi connectivity index (χ3n) is 8.69. The highest BCUT2D eigenvalue weighted by molar-refractivity contribution is 7.89. The number of nitrogens with one attached hydrogen (secondary N) is 2. The van der Waals surface area contributed by atoms with Gasteiger partial charge in [-0.25, -0.2) is 31.2 Å². The number of amides is 4. The molecule has 1 aromatic rings. The first kappa shape index (κ1) is 29.3. The summed E-state index contributed by atoms with van der Waals surface area (Å²) in [6.45, 7) is 2.16. The smallest absolute Gasteiger partial charge is 0.328 e. The number of halogens is 2. The zero-order valence-corrected chi connectivity index (χ0v) is 23.8. The lowest BCUT2D eigenvalue weighted by Crippen LogP contribution is -2.51. The number of anilines is 1. The molecule has 5 rings (SSSR count). The topological polar surface area (TPSA) is 128 Å². The summed E-state index contributed by atoms with van der Waals surface area (Å²) in [6.07, 6.45) is 3.98. The van der Waals surface area contributed by atoms with E-state index in [-0.39, 0.29) is 55.5 Å². The van der Waals surface area contributed by atoms with E-state index >= 15 is 0 Å². The Morgan fingerprint density at radius 3 is 2.44 bits per heavy atom. The highest BCUT2D eigenvalue weighted by Crippen LogP contribution is 2.36. The molecule has 1 spiro atoms. The summed E-state index contributed by atoms with van der Waals surface area (Å²) >= 11 is 0. The minimum absolute atomic E-state index is 0.0480. The molecular weight excluding hydrogens is 556 g/mol. The number of alkyl halides is 2. The average molecular weight is 592 g/mol. The molecule has 3 heterocycles. The van der Waals surface area contributed by atoms with Crippen LogP contribution < -0.4 is 15.5 Å². The maximum atomic E-state index is 13.2. The second-order valence-corrected chi connectivity index (χ2v) is 13.4. The van der Waals surface area contributed by atoms with E-state index in [1.165, 1.54) is 4.31 Å². The van der Waals surface area contributed by atoms with Crippen LogP contribution in [0.25, 0.3) is 0 Å². The Labute approximate surface area is 238 Å². The Hall–Kier alpha value is -3.19. The van der Waals surface area contributed by atoms with E-state index in [1.54, 1.807) is 24.3 Å². The van der Waals surface area contributed by atoms with Gasteiger partial charge in [0.25, 0.3) is 18.2 Å². The lowest BCUT2D eigenvalue weighted by atomic mass is 9.81. The number of piperidine rings is 1. The van der Waals surface area contributed by atoms with Crippen LogP contribution in [-0.4, -0.2) is 73.8 Å². The van der Waals surface area contributed by atoms with Crippen molar-refractivity contribution >= 4 is 39.4 Å². The van der Waals surface area contributed by atoms with Crippen molar-refractivity contribution < 1.29 is 31.6 Å². The lowest BCUT2D eigenvalue weighted by molar-refractivity contribution is -0.125. The lowest BCUT2D eigenvalue weighted by Gasteiger charge is -2.34. The number of nitrogens with zero attached hydrogens (tertiary/aromatic N) is 3. The number of carbonyl (C=O) groups is 3. The molecule has 2 saturated heterocycles. The number of rotatable bonds is 8. The summed E-state index contributed by atoms with van der Waals surface area (Å²) in [7, 11) is -3.59. The van der Waals surface area contributed by atoms with E-state index in [1.807, 2.05) is 6.92 Å². The molecule has 0 bridgehead atoms. The molecule has 0 aromatic heterocycles. The fourth-order valence-corrected chi connectivity index (χ4v) is 7.66. The third kappa shape index (κ3) is 6.20. The molecule has 0 unspecified atom stereocenters. The minimum atomic E-state index is -3.59. The molecule has 4 amide bonds. The largest absolute Gasteiger partial charge is 0.329 e. The van der Waals surface area contributed by atoms with Gasteiger partial charge >= 0.3 is 6.03 Å². The fourth-order valence-electron chi connectivity index (χ4n) is 6.19. The number of sulfonamides is 1. The highest BCUT2D eigenvalue weighted by atomic mass is 32.2. The molecule has 1 aliphatic carbocycles. The zero-order chi connectivity index (χ0) is 29.4. The van der Waals surface area contributed by atoms with Crippen LogP contribution in [0.4, 0.5) is 19.3 Å². The first-order chi connectivity index (χ1) is 19.5. The van der Waals surface area contributed by atoms with Crippen molar-refractivity contribution in [1.29, 1.82) is 0 Å². The second kappa shape index (κ2) is 11.6. The van der Waals surface area contributed by atoms with Crippen LogP contribution in [-0.2, 0) is 26.0 Å². The van der Waals surface area contributed by atoms with Gasteiger partial charge in [0.2, 0.25) is 10.0 Å². The normalized spacial score (nSPS) is 25.3. The van der Waals surface area contributed by atoms with Crippen LogP contribution in [0.1, 0.15) is 49.7 Å². The molecule has 1 aromatic carbocycles. The van der Waals surface area contributed by atoms with Gasteiger partial charge in [0.05, 0.1) is 18.0 Å². The summed E-state index contributed by atoms with van der Waals surface area (Å²) in [6, 6.07) is 4.61. The van der Waals surface area contributed by atoms with E-state index in [2.05, 4.69) is 10.6 Å². The summed E-state index contributed by atoms with van der Waals surface area (Å²) in [5, 5.41) is 5.42. The molecule has 10 nitrogen and oxygen atoms in total. The monoisotopic (exact) mass is 591 g/mol. The minimum Gasteiger partial charge on any atom is -0.328 e. The Morgan fingerprint density at radius 1 is 1.12 bits per heavy atom. The average Bonchev–Trinajstić information content (AvgIpc) is 3.44. The summed E-state index contributed by atoms with van der Waals surface area (Å²) in [5.74, 6) is 0.196. The number of benzene rings is 1. The quantitative estimate of drug-likeness (QED) is 0.355. The third-order valence-corrected chi connectivity index (χ3v) is 10.6. The predicted octanol–water partition coefficient (Wildman–Crippen LogP) is 2.91. The molecule has 3 aliphatic heterocycles. The Balaban J connectivity index is 1.16. The van der Waals surface area contributed by atoms with Gasteiger partial charge in [0.1, 0.15) is 11.4 Å². The van der Waals surface area contributed by atoms with Crippen molar-refractivity contribution in [1.82, 2.24) is 14.9 Å². The molecule has 1 saturated carbocycles. The molecule has 0 atom stereocenters. The van der Waals surface area contributed by atoms with Crippen molar-refractivity contribution in [2.75, 3.05) is 30.3 Å². The number of hydrogen-bond acceptors (Lipinski definition) is 6. The van der Waals surface area contributed by atoms with Gasteiger partial charge in [-0.1, -0.05) is 12.1 Å². The molecule has 13 heteroatoms. The van der Waals surface area contributed by atoms with Crippen LogP contribution in [0.5, 0.6) is 0 Å². The number of aryl methyl sites for hydroxylation is 2. The van der Waals surface area contributed by atoms with Gasteiger partial charge in [-0.3, -0.25) is 14.6 Å². The van der Waals surface area contributed by atoms with Gasteiger partial charge in [-0.15, -0.1) is 0 Å². The molecule has 3 fully saturated rings. The van der Waals surface area contributed by atoms with E-state index in [9.17, 15) is 31.6 Å². The second-order valence-electron chi connectivity index (χ2n) is 11.3. The Kier molecular flexibility index (Phi) is 8.29. The first-order valence-corrected chi connectivity index (χ1v) is 15.6. The van der Waals surface area contributed by atoms with Crippen molar-refractivity contribution in [3.05, 3.63) is 41.5 Å². The maximum absolute atomic E-state index is 13.2. The van der Waals surface area contributed by atoms with Gasteiger partial charge < -0.3 is 10.6 Å². The standard InChI is InChI=1S/C28H35F2N5O5S/c1-18-16-22(35-24(36)17-31-27(35)38)8-7-20(18)10-15-41(39,40)34-13-11-28(12-14-34)26(37)32-25(33-28)21-5-2-19(3-6-21)4-9-23(29)30/h4,7-9,16,19,21,23H,2-3,5-6,10-15,17H2,1H3,(H,31,38)(H,32,33,37). The fraction of sp³-hybridized carbons (Fsp3) is 0.571. The Bertz CT molecular complexity index is 1360. The number of amidine groups is 1. The van der Waals surface area contributed by atoms with Crippen molar-refractivity contribution in [3.63, 3.8) is 0 Å². The Morgan fingerprint density at radius 2 is 1.83 bits per heavy atom. The molecule has 41 heavy (non-hydrogen) atoms. The van der Waals surface area contributed by atoms with E-state index in [0.717, 1.165) is 47.8 Å². The zero-order valence-electron chi connectivity index (χ0n) is 22.9. The molecular formula is C28H35F2N5O5S.